The molecular formula is C27H44. The van der Waals surface area contributed by atoms with Crippen LogP contribution >= 0.6 is 0 Å². The molecule has 0 spiro atoms. The van der Waals surface area contributed by atoms with E-state index in [1.165, 1.54) is 62.5 Å². The van der Waals surface area contributed by atoms with Crippen molar-refractivity contribution in [2.75, 3.05) is 0 Å². The lowest BCUT2D eigenvalue weighted by Gasteiger charge is -2.29. The first-order valence-electron chi connectivity index (χ1n) is 10.9. The minimum Gasteiger partial charge on any atom is -0.0991 e. The number of hydrogen-bond donors (Lipinski definition) is 0. The van der Waals surface area contributed by atoms with Gasteiger partial charge in [0.05, 0.1) is 0 Å². The van der Waals surface area contributed by atoms with E-state index >= 15 is 0 Å². The average molecular weight is 369 g/mol. The third-order valence-electron chi connectivity index (χ3n) is 5.37. The van der Waals surface area contributed by atoms with Gasteiger partial charge in [-0.25, -0.2) is 0 Å². The van der Waals surface area contributed by atoms with E-state index < -0.39 is 0 Å². The lowest BCUT2D eigenvalue weighted by Crippen LogP contribution is -2.17. The van der Waals surface area contributed by atoms with Crippen molar-refractivity contribution >= 4 is 0 Å². The first-order valence-corrected chi connectivity index (χ1v) is 10.9. The SMILES string of the molecule is C=C\C=C/C=C(C)/C(C=C)=C/C=C(C)C.CCCC(CC)C1CCCCC1. The summed E-state index contributed by atoms with van der Waals surface area (Å²) >= 11 is 0. The Morgan fingerprint density at radius 1 is 0.926 bits per heavy atom. The van der Waals surface area contributed by atoms with E-state index in [-0.39, 0.29) is 0 Å². The highest BCUT2D eigenvalue weighted by Gasteiger charge is 2.20. The maximum Gasteiger partial charge on any atom is -0.0233 e. The van der Waals surface area contributed by atoms with Gasteiger partial charge in [-0.2, -0.15) is 0 Å². The second-order valence-corrected chi connectivity index (χ2v) is 7.90. The summed E-state index contributed by atoms with van der Waals surface area (Å²) in [7, 11) is 0. The maximum atomic E-state index is 3.81. The molecule has 1 atom stereocenters. The fraction of sp³-hybridized carbons (Fsp3) is 0.556. The summed E-state index contributed by atoms with van der Waals surface area (Å²) in [5, 5.41) is 0. The molecule has 0 heterocycles. The van der Waals surface area contributed by atoms with E-state index in [0.29, 0.717) is 0 Å². The molecule has 0 N–H and O–H groups in total. The monoisotopic (exact) mass is 368 g/mol. The molecule has 152 valence electrons. The summed E-state index contributed by atoms with van der Waals surface area (Å²) in [6.45, 7) is 18.3. The van der Waals surface area contributed by atoms with Gasteiger partial charge in [0.2, 0.25) is 0 Å². The summed E-state index contributed by atoms with van der Waals surface area (Å²) in [5.74, 6) is 2.14. The quantitative estimate of drug-likeness (QED) is 0.356. The standard InChI is InChI=1S/C15H20.C12H24/c1-6-8-9-10-14(5)15(7-2)12-11-13(3)4;1-3-8-11(4-2)12-9-6-5-7-10-12/h6-12H,1-2H2,3-5H3;11-12H,3-10H2,1-2H3/b9-8-,14-10+,15-12+;. The Morgan fingerprint density at radius 2 is 1.59 bits per heavy atom. The second kappa shape index (κ2) is 16.6. The van der Waals surface area contributed by atoms with Crippen molar-refractivity contribution < 1.29 is 0 Å². The zero-order chi connectivity index (χ0) is 20.5. The van der Waals surface area contributed by atoms with E-state index in [0.717, 1.165) is 17.4 Å². The predicted octanol–water partition coefficient (Wildman–Crippen LogP) is 9.15. The Bertz CT molecular complexity index is 511. The third kappa shape index (κ3) is 12.5. The summed E-state index contributed by atoms with van der Waals surface area (Å²) < 4.78 is 0. The van der Waals surface area contributed by atoms with Crippen LogP contribution in [0.5, 0.6) is 0 Å². The summed E-state index contributed by atoms with van der Waals surface area (Å²) in [4.78, 5) is 0. The lowest BCUT2D eigenvalue weighted by atomic mass is 9.77. The van der Waals surface area contributed by atoms with Gasteiger partial charge in [0, 0.05) is 0 Å². The fourth-order valence-corrected chi connectivity index (χ4v) is 3.74. The molecule has 1 aliphatic carbocycles. The molecule has 0 heteroatoms. The van der Waals surface area contributed by atoms with Crippen molar-refractivity contribution in [1.29, 1.82) is 0 Å². The maximum absolute atomic E-state index is 3.81. The molecule has 0 saturated heterocycles. The van der Waals surface area contributed by atoms with Crippen molar-refractivity contribution in [3.05, 3.63) is 72.4 Å². The predicted molar refractivity (Wildman–Crippen MR) is 126 cm³/mol. The van der Waals surface area contributed by atoms with E-state index in [1.807, 2.05) is 24.3 Å². The molecule has 0 aromatic rings. The zero-order valence-corrected chi connectivity index (χ0v) is 18.8. The van der Waals surface area contributed by atoms with Crippen molar-refractivity contribution in [2.45, 2.75) is 86.0 Å². The molecule has 0 aromatic heterocycles. The van der Waals surface area contributed by atoms with E-state index in [2.05, 4.69) is 59.9 Å². The van der Waals surface area contributed by atoms with Crippen LogP contribution in [-0.4, -0.2) is 0 Å². The van der Waals surface area contributed by atoms with Gasteiger partial charge in [0.25, 0.3) is 0 Å². The Hall–Kier alpha value is -1.56. The molecule has 1 aliphatic rings. The highest BCUT2D eigenvalue weighted by Crippen LogP contribution is 2.33. The first-order chi connectivity index (χ1) is 13.0. The molecule has 0 aromatic carbocycles. The molecule has 1 saturated carbocycles. The van der Waals surface area contributed by atoms with Crippen LogP contribution in [0.2, 0.25) is 0 Å². The van der Waals surface area contributed by atoms with Crippen LogP contribution in [0.4, 0.5) is 0 Å². The van der Waals surface area contributed by atoms with Crippen LogP contribution < -0.4 is 0 Å². The third-order valence-corrected chi connectivity index (χ3v) is 5.37. The number of rotatable bonds is 9. The van der Waals surface area contributed by atoms with Gasteiger partial charge < -0.3 is 0 Å². The van der Waals surface area contributed by atoms with E-state index in [4.69, 9.17) is 0 Å². The number of hydrogen-bond acceptors (Lipinski definition) is 0. The number of allylic oxidation sites excluding steroid dienone is 10. The highest BCUT2D eigenvalue weighted by atomic mass is 14.3. The summed E-state index contributed by atoms with van der Waals surface area (Å²) in [5.41, 5.74) is 3.62. The first kappa shape index (κ1) is 25.4. The van der Waals surface area contributed by atoms with Crippen LogP contribution in [0.15, 0.2) is 72.4 Å². The minimum atomic E-state index is 1.05. The van der Waals surface area contributed by atoms with E-state index in [1.54, 1.807) is 6.08 Å². The Balaban J connectivity index is 0.000000511. The molecular weight excluding hydrogens is 324 g/mol. The summed E-state index contributed by atoms with van der Waals surface area (Å²) in [6, 6.07) is 0. The van der Waals surface area contributed by atoms with E-state index in [9.17, 15) is 0 Å². The van der Waals surface area contributed by atoms with Gasteiger partial charge >= 0.3 is 0 Å². The molecule has 0 bridgehead atoms. The Kier molecular flexibility index (Phi) is 15.6. The molecule has 0 radical (unpaired) electrons. The van der Waals surface area contributed by atoms with Crippen LogP contribution in [0.3, 0.4) is 0 Å². The topological polar surface area (TPSA) is 0 Å². The fourth-order valence-electron chi connectivity index (χ4n) is 3.74. The van der Waals surface area contributed by atoms with Crippen LogP contribution in [-0.2, 0) is 0 Å². The minimum absolute atomic E-state index is 1.05. The molecule has 0 nitrogen and oxygen atoms in total. The van der Waals surface area contributed by atoms with Crippen LogP contribution in [0.1, 0.15) is 86.0 Å². The largest absolute Gasteiger partial charge is 0.0991 e. The second-order valence-electron chi connectivity index (χ2n) is 7.90. The van der Waals surface area contributed by atoms with Gasteiger partial charge in [0.1, 0.15) is 0 Å². The van der Waals surface area contributed by atoms with Gasteiger partial charge in [0.15, 0.2) is 0 Å². The van der Waals surface area contributed by atoms with Crippen LogP contribution in [0, 0.1) is 11.8 Å². The molecule has 1 unspecified atom stereocenters. The van der Waals surface area contributed by atoms with Crippen molar-refractivity contribution in [3.8, 4) is 0 Å². The van der Waals surface area contributed by atoms with Gasteiger partial charge in [-0.1, -0.05) is 126 Å². The van der Waals surface area contributed by atoms with Gasteiger partial charge in [-0.15, -0.1) is 0 Å². The van der Waals surface area contributed by atoms with Crippen molar-refractivity contribution in [1.82, 2.24) is 0 Å². The molecule has 0 aliphatic heterocycles. The zero-order valence-electron chi connectivity index (χ0n) is 18.8. The lowest BCUT2D eigenvalue weighted by molar-refractivity contribution is 0.229. The summed E-state index contributed by atoms with van der Waals surface area (Å²) in [6.07, 6.45) is 25.6. The normalized spacial score (nSPS) is 17.1. The molecule has 27 heavy (non-hydrogen) atoms. The Morgan fingerprint density at radius 3 is 2.07 bits per heavy atom. The van der Waals surface area contributed by atoms with Crippen molar-refractivity contribution in [2.24, 2.45) is 11.8 Å². The van der Waals surface area contributed by atoms with Gasteiger partial charge in [-0.3, -0.25) is 0 Å². The smallest absolute Gasteiger partial charge is 0.0233 e. The van der Waals surface area contributed by atoms with Crippen LogP contribution in [0.25, 0.3) is 0 Å². The molecule has 1 fully saturated rings. The molecule has 1 rings (SSSR count). The Labute approximate surface area is 170 Å². The van der Waals surface area contributed by atoms with Gasteiger partial charge in [-0.05, 0) is 43.8 Å². The highest BCUT2D eigenvalue weighted by molar-refractivity contribution is 5.42. The average Bonchev–Trinajstić information content (AvgIpc) is 2.67. The van der Waals surface area contributed by atoms with Crippen molar-refractivity contribution in [3.63, 3.8) is 0 Å². The molecule has 0 amide bonds.